The summed E-state index contributed by atoms with van der Waals surface area (Å²) in [6, 6.07) is -0.295. The molecule has 0 saturated heterocycles. The predicted octanol–water partition coefficient (Wildman–Crippen LogP) is 2.52. The van der Waals surface area contributed by atoms with Gasteiger partial charge >= 0.3 is 6.03 Å². The maximum absolute atomic E-state index is 11.7. The van der Waals surface area contributed by atoms with E-state index in [1.807, 2.05) is 0 Å². The first kappa shape index (κ1) is 14.3. The molecule has 6 heteroatoms. The summed E-state index contributed by atoms with van der Waals surface area (Å²) in [5.41, 5.74) is -0.729. The van der Waals surface area contributed by atoms with Crippen LogP contribution < -0.4 is 10.6 Å². The number of rotatable bonds is 4. The van der Waals surface area contributed by atoms with Gasteiger partial charge in [-0.05, 0) is 19.3 Å². The minimum atomic E-state index is -0.729. The molecule has 19 heavy (non-hydrogen) atoms. The molecule has 1 saturated carbocycles. The van der Waals surface area contributed by atoms with Crippen LogP contribution in [-0.4, -0.2) is 28.3 Å². The van der Waals surface area contributed by atoms with Crippen LogP contribution in [0.4, 0.5) is 9.93 Å². The van der Waals surface area contributed by atoms with Crippen molar-refractivity contribution in [1.29, 1.82) is 0 Å². The summed E-state index contributed by atoms with van der Waals surface area (Å²) in [4.78, 5) is 17.0. The minimum Gasteiger partial charge on any atom is -0.388 e. The molecule has 106 valence electrons. The number of urea groups is 1. The third kappa shape index (κ3) is 4.18. The van der Waals surface area contributed by atoms with E-state index in [-0.39, 0.29) is 6.03 Å². The highest BCUT2D eigenvalue weighted by atomic mass is 32.1. The molecular formula is C13H21N3O2S. The van der Waals surface area contributed by atoms with Crippen molar-refractivity contribution in [2.45, 2.75) is 51.0 Å². The number of hydrogen-bond donors (Lipinski definition) is 3. The van der Waals surface area contributed by atoms with Gasteiger partial charge in [0.25, 0.3) is 0 Å². The van der Waals surface area contributed by atoms with Gasteiger partial charge in [0.15, 0.2) is 5.13 Å². The van der Waals surface area contributed by atoms with E-state index in [2.05, 4.69) is 22.5 Å². The molecule has 3 N–H and O–H groups in total. The Kier molecular flexibility index (Phi) is 4.76. The SMILES string of the molecule is CCc1cnc(NC(=O)NCC2(O)CCCCC2)s1. The van der Waals surface area contributed by atoms with Crippen LogP contribution in [0.15, 0.2) is 6.20 Å². The van der Waals surface area contributed by atoms with Crippen molar-refractivity contribution in [3.63, 3.8) is 0 Å². The van der Waals surface area contributed by atoms with Crippen molar-refractivity contribution in [2.75, 3.05) is 11.9 Å². The average molecular weight is 283 g/mol. The molecule has 0 aromatic carbocycles. The maximum Gasteiger partial charge on any atom is 0.321 e. The zero-order valence-electron chi connectivity index (χ0n) is 11.2. The normalized spacial score (nSPS) is 18.0. The maximum atomic E-state index is 11.7. The molecule has 0 aliphatic heterocycles. The Hall–Kier alpha value is -1.14. The highest BCUT2D eigenvalue weighted by Crippen LogP contribution is 2.27. The lowest BCUT2D eigenvalue weighted by Gasteiger charge is -2.31. The number of hydrogen-bond acceptors (Lipinski definition) is 4. The number of aliphatic hydroxyl groups is 1. The van der Waals surface area contributed by atoms with E-state index < -0.39 is 5.60 Å². The van der Waals surface area contributed by atoms with E-state index in [9.17, 15) is 9.90 Å². The summed E-state index contributed by atoms with van der Waals surface area (Å²) >= 11 is 1.48. The molecule has 0 bridgehead atoms. The van der Waals surface area contributed by atoms with Gasteiger partial charge in [0.05, 0.1) is 5.60 Å². The zero-order valence-corrected chi connectivity index (χ0v) is 12.1. The van der Waals surface area contributed by atoms with Gasteiger partial charge in [0, 0.05) is 17.6 Å². The van der Waals surface area contributed by atoms with Crippen molar-refractivity contribution in [1.82, 2.24) is 10.3 Å². The van der Waals surface area contributed by atoms with Crippen LogP contribution in [0.2, 0.25) is 0 Å². The van der Waals surface area contributed by atoms with E-state index in [4.69, 9.17) is 0 Å². The van der Waals surface area contributed by atoms with Crippen LogP contribution in [0.25, 0.3) is 0 Å². The minimum absolute atomic E-state index is 0.295. The van der Waals surface area contributed by atoms with Crippen LogP contribution in [0.5, 0.6) is 0 Å². The molecule has 1 aromatic rings. The lowest BCUT2D eigenvalue weighted by Crippen LogP contribution is -2.45. The van der Waals surface area contributed by atoms with Gasteiger partial charge in [-0.2, -0.15) is 0 Å². The Morgan fingerprint density at radius 3 is 2.84 bits per heavy atom. The molecule has 0 radical (unpaired) electrons. The fourth-order valence-electron chi connectivity index (χ4n) is 2.30. The Labute approximate surface area is 117 Å². The zero-order chi connectivity index (χ0) is 13.7. The van der Waals surface area contributed by atoms with Crippen molar-refractivity contribution in [3.8, 4) is 0 Å². The highest BCUT2D eigenvalue weighted by Gasteiger charge is 2.29. The largest absolute Gasteiger partial charge is 0.388 e. The molecule has 1 aliphatic rings. The Bertz CT molecular complexity index is 427. The summed E-state index contributed by atoms with van der Waals surface area (Å²) in [5, 5.41) is 16.3. The lowest BCUT2D eigenvalue weighted by molar-refractivity contribution is 0.00755. The molecule has 0 atom stereocenters. The number of aromatic nitrogens is 1. The molecular weight excluding hydrogens is 262 g/mol. The first-order valence-electron chi connectivity index (χ1n) is 6.83. The number of aryl methyl sites for hydroxylation is 1. The van der Waals surface area contributed by atoms with Crippen LogP contribution in [-0.2, 0) is 6.42 Å². The first-order chi connectivity index (χ1) is 9.11. The van der Waals surface area contributed by atoms with Gasteiger partial charge in [0.2, 0.25) is 0 Å². The van der Waals surface area contributed by atoms with E-state index in [1.54, 1.807) is 6.20 Å². The Morgan fingerprint density at radius 1 is 1.47 bits per heavy atom. The molecule has 0 unspecified atom stereocenters. The summed E-state index contributed by atoms with van der Waals surface area (Å²) in [7, 11) is 0. The van der Waals surface area contributed by atoms with Gasteiger partial charge in [-0.3, -0.25) is 5.32 Å². The second-order valence-corrected chi connectivity index (χ2v) is 6.19. The van der Waals surface area contributed by atoms with E-state index in [0.717, 1.165) is 37.0 Å². The molecule has 2 rings (SSSR count). The monoisotopic (exact) mass is 283 g/mol. The van der Waals surface area contributed by atoms with E-state index in [0.29, 0.717) is 11.7 Å². The number of nitrogens with zero attached hydrogens (tertiary/aromatic N) is 1. The molecule has 2 amide bonds. The highest BCUT2D eigenvalue weighted by molar-refractivity contribution is 7.15. The van der Waals surface area contributed by atoms with Gasteiger partial charge in [-0.25, -0.2) is 9.78 Å². The fraction of sp³-hybridized carbons (Fsp3) is 0.692. The summed E-state index contributed by atoms with van der Waals surface area (Å²) < 4.78 is 0. The number of carbonyl (C=O) groups excluding carboxylic acids is 1. The van der Waals surface area contributed by atoms with E-state index >= 15 is 0 Å². The van der Waals surface area contributed by atoms with Crippen molar-refractivity contribution in [2.24, 2.45) is 0 Å². The second-order valence-electron chi connectivity index (χ2n) is 5.08. The van der Waals surface area contributed by atoms with Gasteiger partial charge < -0.3 is 10.4 Å². The second kappa shape index (κ2) is 6.34. The first-order valence-corrected chi connectivity index (χ1v) is 7.65. The third-order valence-corrected chi connectivity index (χ3v) is 4.54. The molecule has 1 aromatic heterocycles. The molecule has 5 nitrogen and oxygen atoms in total. The number of anilines is 1. The number of nitrogens with one attached hydrogen (secondary N) is 2. The summed E-state index contributed by atoms with van der Waals surface area (Å²) in [5.74, 6) is 0. The van der Waals surface area contributed by atoms with Gasteiger partial charge in [-0.1, -0.05) is 26.2 Å². The Balaban J connectivity index is 1.77. The van der Waals surface area contributed by atoms with Crippen molar-refractivity contribution >= 4 is 22.5 Å². The number of carbonyl (C=O) groups is 1. The number of amides is 2. The van der Waals surface area contributed by atoms with Crippen LogP contribution in [0.1, 0.15) is 43.9 Å². The topological polar surface area (TPSA) is 74.2 Å². The third-order valence-electron chi connectivity index (χ3n) is 3.48. The van der Waals surface area contributed by atoms with Crippen LogP contribution >= 0.6 is 11.3 Å². The summed E-state index contributed by atoms with van der Waals surface area (Å²) in [6.07, 6.45) is 7.47. The number of thiazole rings is 1. The predicted molar refractivity (Wildman–Crippen MR) is 76.5 cm³/mol. The quantitative estimate of drug-likeness (QED) is 0.795. The van der Waals surface area contributed by atoms with Crippen molar-refractivity contribution in [3.05, 3.63) is 11.1 Å². The smallest absolute Gasteiger partial charge is 0.321 e. The van der Waals surface area contributed by atoms with E-state index in [1.165, 1.54) is 17.8 Å². The van der Waals surface area contributed by atoms with Crippen LogP contribution in [0.3, 0.4) is 0 Å². The summed E-state index contributed by atoms with van der Waals surface area (Å²) in [6.45, 7) is 2.36. The van der Waals surface area contributed by atoms with Crippen LogP contribution in [0, 0.1) is 0 Å². The molecule has 0 spiro atoms. The fourth-order valence-corrected chi connectivity index (χ4v) is 3.05. The molecule has 1 heterocycles. The van der Waals surface area contributed by atoms with Gasteiger partial charge in [-0.15, -0.1) is 11.3 Å². The lowest BCUT2D eigenvalue weighted by atomic mass is 9.85. The van der Waals surface area contributed by atoms with Gasteiger partial charge in [0.1, 0.15) is 0 Å². The molecule has 1 aliphatic carbocycles. The standard InChI is InChI=1S/C13H21N3O2S/c1-2-10-8-14-12(19-10)16-11(17)15-9-13(18)6-4-3-5-7-13/h8,18H,2-7,9H2,1H3,(H2,14,15,16,17). The molecule has 1 fully saturated rings. The average Bonchev–Trinajstić information content (AvgIpc) is 2.85. The Morgan fingerprint density at radius 2 is 2.21 bits per heavy atom. The van der Waals surface area contributed by atoms with Crippen molar-refractivity contribution < 1.29 is 9.90 Å².